The largest absolute Gasteiger partial charge is 0.176 e. The minimum Gasteiger partial charge on any atom is -0.176 e. The first-order valence-corrected chi connectivity index (χ1v) is 5.52. The monoisotopic (exact) mass is 242 g/mol. The summed E-state index contributed by atoms with van der Waals surface area (Å²) in [6.07, 6.45) is 3.53. The van der Waals surface area contributed by atoms with Gasteiger partial charge in [-0.1, -0.05) is 22.0 Å². The Morgan fingerprint density at radius 1 is 1.33 bits per heavy atom. The van der Waals surface area contributed by atoms with Crippen molar-refractivity contribution in [3.05, 3.63) is 33.8 Å². The molecule has 0 nitrogen and oxygen atoms in total. The second-order valence-electron chi connectivity index (χ2n) is 3.31. The van der Waals surface area contributed by atoms with Gasteiger partial charge in [-0.2, -0.15) is 12.6 Å². The molecule has 1 unspecified atom stereocenters. The van der Waals surface area contributed by atoms with Gasteiger partial charge >= 0.3 is 0 Å². The summed E-state index contributed by atoms with van der Waals surface area (Å²) in [5.74, 6) is 0. The lowest BCUT2D eigenvalue weighted by Gasteiger charge is -2.20. The highest BCUT2D eigenvalue weighted by molar-refractivity contribution is 9.10. The molecule has 0 aromatic heterocycles. The van der Waals surface area contributed by atoms with E-state index in [1.54, 1.807) is 0 Å². The standard InChI is InChI=1S/C10H11BrS/c11-9-3-1-8-6-10(12)4-2-7(8)5-9/h1,3,5,10,12H,2,4,6H2. The summed E-state index contributed by atoms with van der Waals surface area (Å²) in [4.78, 5) is 0. The van der Waals surface area contributed by atoms with Crippen LogP contribution in [0.2, 0.25) is 0 Å². The van der Waals surface area contributed by atoms with Crippen LogP contribution in [0.15, 0.2) is 22.7 Å². The third-order valence-corrected chi connectivity index (χ3v) is 3.30. The number of hydrogen-bond acceptors (Lipinski definition) is 1. The Hall–Kier alpha value is 0.0500. The highest BCUT2D eigenvalue weighted by Gasteiger charge is 2.14. The van der Waals surface area contributed by atoms with Crippen molar-refractivity contribution in [2.75, 3.05) is 0 Å². The molecule has 0 saturated carbocycles. The van der Waals surface area contributed by atoms with Crippen molar-refractivity contribution in [3.63, 3.8) is 0 Å². The topological polar surface area (TPSA) is 0 Å². The van der Waals surface area contributed by atoms with E-state index in [9.17, 15) is 0 Å². The molecular weight excluding hydrogens is 232 g/mol. The van der Waals surface area contributed by atoms with Crippen LogP contribution in [-0.4, -0.2) is 5.25 Å². The Kier molecular flexibility index (Phi) is 2.47. The van der Waals surface area contributed by atoms with Crippen LogP contribution < -0.4 is 0 Å². The van der Waals surface area contributed by atoms with Gasteiger partial charge in [0.1, 0.15) is 0 Å². The molecular formula is C10H11BrS. The van der Waals surface area contributed by atoms with Crippen molar-refractivity contribution in [3.8, 4) is 0 Å². The van der Waals surface area contributed by atoms with E-state index in [0.29, 0.717) is 5.25 Å². The molecule has 0 N–H and O–H groups in total. The Balaban J connectivity index is 2.37. The smallest absolute Gasteiger partial charge is 0.0178 e. The second-order valence-corrected chi connectivity index (χ2v) is 4.96. The van der Waals surface area contributed by atoms with E-state index in [4.69, 9.17) is 0 Å². The number of benzene rings is 1. The van der Waals surface area contributed by atoms with Crippen molar-refractivity contribution < 1.29 is 0 Å². The highest BCUT2D eigenvalue weighted by atomic mass is 79.9. The molecule has 1 aliphatic carbocycles. The summed E-state index contributed by atoms with van der Waals surface area (Å²) in [6.45, 7) is 0. The zero-order chi connectivity index (χ0) is 8.55. The minimum atomic E-state index is 0.568. The number of aryl methyl sites for hydroxylation is 1. The summed E-state index contributed by atoms with van der Waals surface area (Å²) in [5, 5.41) is 0.568. The maximum Gasteiger partial charge on any atom is 0.0178 e. The third-order valence-electron chi connectivity index (χ3n) is 2.37. The van der Waals surface area contributed by atoms with Crippen molar-refractivity contribution in [1.29, 1.82) is 0 Å². The molecule has 2 heteroatoms. The Bertz CT molecular complexity index is 296. The van der Waals surface area contributed by atoms with Gasteiger partial charge in [-0.3, -0.25) is 0 Å². The van der Waals surface area contributed by atoms with Crippen molar-refractivity contribution >= 4 is 28.6 Å². The van der Waals surface area contributed by atoms with Gasteiger partial charge in [0.05, 0.1) is 0 Å². The van der Waals surface area contributed by atoms with Gasteiger partial charge < -0.3 is 0 Å². The summed E-state index contributed by atoms with van der Waals surface area (Å²) >= 11 is 7.99. The molecule has 0 aliphatic heterocycles. The van der Waals surface area contributed by atoms with Gasteiger partial charge in [0.25, 0.3) is 0 Å². The van der Waals surface area contributed by atoms with Crippen LogP contribution in [-0.2, 0) is 12.8 Å². The van der Waals surface area contributed by atoms with Crippen LogP contribution in [0.1, 0.15) is 17.5 Å². The van der Waals surface area contributed by atoms with Gasteiger partial charge in [0, 0.05) is 9.72 Å². The fraction of sp³-hybridized carbons (Fsp3) is 0.400. The van der Waals surface area contributed by atoms with Crippen LogP contribution >= 0.6 is 28.6 Å². The van der Waals surface area contributed by atoms with Crippen molar-refractivity contribution in [2.24, 2.45) is 0 Å². The molecule has 0 saturated heterocycles. The molecule has 2 rings (SSSR count). The number of hydrogen-bond donors (Lipinski definition) is 1. The minimum absolute atomic E-state index is 0.568. The molecule has 0 fully saturated rings. The summed E-state index contributed by atoms with van der Waals surface area (Å²) in [7, 11) is 0. The van der Waals surface area contributed by atoms with Gasteiger partial charge in [0.15, 0.2) is 0 Å². The molecule has 1 aliphatic rings. The first kappa shape index (κ1) is 8.64. The number of rotatable bonds is 0. The van der Waals surface area contributed by atoms with E-state index < -0.39 is 0 Å². The molecule has 0 spiro atoms. The average molecular weight is 243 g/mol. The van der Waals surface area contributed by atoms with Crippen LogP contribution in [0, 0.1) is 0 Å². The number of halogens is 1. The molecule has 0 heterocycles. The molecule has 0 bridgehead atoms. The Morgan fingerprint density at radius 3 is 3.00 bits per heavy atom. The second kappa shape index (κ2) is 3.43. The average Bonchev–Trinajstić information content (AvgIpc) is 2.05. The molecule has 1 aromatic carbocycles. The van der Waals surface area contributed by atoms with Crippen molar-refractivity contribution in [1.82, 2.24) is 0 Å². The highest BCUT2D eigenvalue weighted by Crippen LogP contribution is 2.26. The summed E-state index contributed by atoms with van der Waals surface area (Å²) in [6, 6.07) is 6.56. The predicted molar refractivity (Wildman–Crippen MR) is 58.9 cm³/mol. The van der Waals surface area contributed by atoms with E-state index >= 15 is 0 Å². The van der Waals surface area contributed by atoms with Gasteiger partial charge in [-0.15, -0.1) is 0 Å². The maximum atomic E-state index is 4.50. The van der Waals surface area contributed by atoms with Crippen LogP contribution in [0.25, 0.3) is 0 Å². The molecule has 1 atom stereocenters. The normalized spacial score (nSPS) is 22.0. The van der Waals surface area contributed by atoms with Crippen molar-refractivity contribution in [2.45, 2.75) is 24.5 Å². The molecule has 0 amide bonds. The first-order chi connectivity index (χ1) is 5.75. The summed E-state index contributed by atoms with van der Waals surface area (Å²) in [5.41, 5.74) is 2.97. The van der Waals surface area contributed by atoms with E-state index in [0.717, 1.165) is 6.42 Å². The third kappa shape index (κ3) is 1.69. The molecule has 0 radical (unpaired) electrons. The first-order valence-electron chi connectivity index (χ1n) is 4.21. The van der Waals surface area contributed by atoms with E-state index in [1.807, 2.05) is 0 Å². The molecule has 12 heavy (non-hydrogen) atoms. The maximum absolute atomic E-state index is 4.50. The number of fused-ring (bicyclic) bond motifs is 1. The molecule has 1 aromatic rings. The van der Waals surface area contributed by atoms with Gasteiger partial charge in [-0.05, 0) is 42.5 Å². The quantitative estimate of drug-likeness (QED) is 0.664. The van der Waals surface area contributed by atoms with Crippen LogP contribution in [0.3, 0.4) is 0 Å². The Labute approximate surface area is 86.9 Å². The van der Waals surface area contributed by atoms with E-state index in [1.165, 1.54) is 28.4 Å². The predicted octanol–water partition coefficient (Wildman–Crippen LogP) is 3.24. The fourth-order valence-electron chi connectivity index (χ4n) is 1.70. The number of thiol groups is 1. The zero-order valence-corrected chi connectivity index (χ0v) is 9.24. The zero-order valence-electron chi connectivity index (χ0n) is 6.76. The summed E-state index contributed by atoms with van der Waals surface area (Å²) < 4.78 is 1.19. The lowest BCUT2D eigenvalue weighted by molar-refractivity contribution is 0.706. The van der Waals surface area contributed by atoms with Gasteiger partial charge in [-0.25, -0.2) is 0 Å². The SMILES string of the molecule is SC1CCc2cc(Br)ccc2C1. The lowest BCUT2D eigenvalue weighted by atomic mass is 9.91. The van der Waals surface area contributed by atoms with E-state index in [-0.39, 0.29) is 0 Å². The Morgan fingerprint density at radius 2 is 2.17 bits per heavy atom. The lowest BCUT2D eigenvalue weighted by Crippen LogP contribution is -2.13. The molecule has 64 valence electrons. The van der Waals surface area contributed by atoms with Gasteiger partial charge in [0.2, 0.25) is 0 Å². The van der Waals surface area contributed by atoms with Crippen LogP contribution in [0.5, 0.6) is 0 Å². The fourth-order valence-corrected chi connectivity index (χ4v) is 2.44. The van der Waals surface area contributed by atoms with Crippen LogP contribution in [0.4, 0.5) is 0 Å². The van der Waals surface area contributed by atoms with E-state index in [2.05, 4.69) is 46.8 Å².